The van der Waals surface area contributed by atoms with Gasteiger partial charge in [0.15, 0.2) is 6.04 Å². The Morgan fingerprint density at radius 2 is 1.65 bits per heavy atom. The Kier molecular flexibility index (Phi) is 5.12. The monoisotopic (exact) mass is 349 g/mol. The first-order valence-corrected chi connectivity index (χ1v) is 8.15. The number of carbonyl (C=O) groups excluding carboxylic acids is 2. The summed E-state index contributed by atoms with van der Waals surface area (Å²) in [5.74, 6) is -0.915. The Morgan fingerprint density at radius 3 is 2.27 bits per heavy atom. The molecule has 0 spiro atoms. The summed E-state index contributed by atoms with van der Waals surface area (Å²) in [7, 11) is 1.29. The number of rotatable bonds is 5. The maximum Gasteiger partial charge on any atom is 0.333 e. The Labute approximate surface area is 151 Å². The largest absolute Gasteiger partial charge is 0.467 e. The van der Waals surface area contributed by atoms with E-state index in [-0.39, 0.29) is 5.91 Å². The molecule has 132 valence electrons. The Morgan fingerprint density at radius 1 is 1.04 bits per heavy atom. The van der Waals surface area contributed by atoms with Crippen molar-refractivity contribution in [3.63, 3.8) is 0 Å². The van der Waals surface area contributed by atoms with E-state index < -0.39 is 12.0 Å². The third-order valence-corrected chi connectivity index (χ3v) is 4.10. The highest BCUT2D eigenvalue weighted by Gasteiger charge is 2.25. The highest BCUT2D eigenvalue weighted by Crippen LogP contribution is 2.18. The van der Waals surface area contributed by atoms with E-state index in [2.05, 4.69) is 10.4 Å². The van der Waals surface area contributed by atoms with Crippen molar-refractivity contribution < 1.29 is 14.3 Å². The van der Waals surface area contributed by atoms with Gasteiger partial charge in [0.1, 0.15) is 0 Å². The summed E-state index contributed by atoms with van der Waals surface area (Å²) in [6.07, 6.45) is 1.50. The van der Waals surface area contributed by atoms with Crippen molar-refractivity contribution in [3.8, 4) is 5.69 Å². The number of nitrogens with one attached hydrogen (secondary N) is 1. The number of amides is 1. The minimum absolute atomic E-state index is 0.385. The van der Waals surface area contributed by atoms with Gasteiger partial charge in [-0.3, -0.25) is 4.79 Å². The molecule has 0 saturated heterocycles. The number of benzene rings is 2. The van der Waals surface area contributed by atoms with E-state index in [4.69, 9.17) is 4.74 Å². The van der Waals surface area contributed by atoms with E-state index in [9.17, 15) is 9.59 Å². The number of hydrogen-bond donors (Lipinski definition) is 1. The standard InChI is InChI=1S/C20H19N3O3/c1-14-17(13-21-23(14)16-11-7-4-8-12-16)19(24)22-18(20(25)26-2)15-9-5-3-6-10-15/h3-13,18H,1-2H3,(H,22,24). The molecule has 0 radical (unpaired) electrons. The lowest BCUT2D eigenvalue weighted by Gasteiger charge is -2.16. The quantitative estimate of drug-likeness (QED) is 0.719. The van der Waals surface area contributed by atoms with Crippen LogP contribution in [0, 0.1) is 6.92 Å². The molecule has 1 heterocycles. The van der Waals surface area contributed by atoms with Gasteiger partial charge in [0.25, 0.3) is 5.91 Å². The third-order valence-electron chi connectivity index (χ3n) is 4.10. The molecular formula is C20H19N3O3. The van der Waals surface area contributed by atoms with Crippen LogP contribution >= 0.6 is 0 Å². The maximum absolute atomic E-state index is 12.7. The first-order valence-electron chi connectivity index (χ1n) is 8.15. The Balaban J connectivity index is 1.87. The molecule has 0 aliphatic heterocycles. The number of aromatic nitrogens is 2. The van der Waals surface area contributed by atoms with Crippen LogP contribution in [0.3, 0.4) is 0 Å². The summed E-state index contributed by atoms with van der Waals surface area (Å²) < 4.78 is 6.52. The van der Waals surface area contributed by atoms with Crippen molar-refractivity contribution in [2.24, 2.45) is 0 Å². The summed E-state index contributed by atoms with van der Waals surface area (Å²) >= 11 is 0. The number of ether oxygens (including phenoxy) is 1. The lowest BCUT2D eigenvalue weighted by Crippen LogP contribution is -2.34. The highest BCUT2D eigenvalue weighted by molar-refractivity contribution is 5.97. The number of carbonyl (C=O) groups is 2. The molecule has 1 N–H and O–H groups in total. The summed E-state index contributed by atoms with van der Waals surface area (Å²) in [5.41, 5.74) is 2.60. The number of nitrogens with zero attached hydrogens (tertiary/aromatic N) is 2. The van der Waals surface area contributed by atoms with Crippen molar-refractivity contribution >= 4 is 11.9 Å². The number of para-hydroxylation sites is 1. The molecule has 2 aromatic carbocycles. The van der Waals surface area contributed by atoms with Gasteiger partial charge in [0, 0.05) is 0 Å². The van der Waals surface area contributed by atoms with Crippen LogP contribution in [0.1, 0.15) is 27.7 Å². The summed E-state index contributed by atoms with van der Waals surface area (Å²) in [5, 5.41) is 7.03. The fourth-order valence-corrected chi connectivity index (χ4v) is 2.71. The van der Waals surface area contributed by atoms with Crippen LogP contribution < -0.4 is 5.32 Å². The predicted molar refractivity (Wildman–Crippen MR) is 97.0 cm³/mol. The van der Waals surface area contributed by atoms with Crippen LogP contribution in [-0.4, -0.2) is 28.8 Å². The zero-order valence-electron chi connectivity index (χ0n) is 14.5. The zero-order valence-corrected chi connectivity index (χ0v) is 14.5. The Hall–Kier alpha value is -3.41. The van der Waals surface area contributed by atoms with Crippen molar-refractivity contribution in [1.82, 2.24) is 15.1 Å². The molecule has 6 nitrogen and oxygen atoms in total. The second-order valence-electron chi connectivity index (χ2n) is 5.73. The zero-order chi connectivity index (χ0) is 18.5. The molecule has 3 rings (SSSR count). The van der Waals surface area contributed by atoms with E-state index in [0.29, 0.717) is 16.8 Å². The van der Waals surface area contributed by atoms with Gasteiger partial charge < -0.3 is 10.1 Å². The molecule has 26 heavy (non-hydrogen) atoms. The summed E-state index contributed by atoms with van der Waals surface area (Å²) in [6.45, 7) is 1.81. The molecule has 1 aromatic heterocycles. The average Bonchev–Trinajstić information content (AvgIpc) is 3.08. The van der Waals surface area contributed by atoms with Crippen LogP contribution in [0.4, 0.5) is 0 Å². The molecule has 3 aromatic rings. The van der Waals surface area contributed by atoms with Gasteiger partial charge in [0.2, 0.25) is 0 Å². The second-order valence-corrected chi connectivity index (χ2v) is 5.73. The molecule has 6 heteroatoms. The smallest absolute Gasteiger partial charge is 0.333 e. The van der Waals surface area contributed by atoms with E-state index >= 15 is 0 Å². The van der Waals surface area contributed by atoms with Gasteiger partial charge >= 0.3 is 5.97 Å². The molecule has 0 saturated carbocycles. The van der Waals surface area contributed by atoms with Crippen molar-refractivity contribution in [1.29, 1.82) is 0 Å². The molecule has 1 unspecified atom stereocenters. The van der Waals surface area contributed by atoms with E-state index in [1.807, 2.05) is 43.3 Å². The summed E-state index contributed by atoms with van der Waals surface area (Å²) in [4.78, 5) is 24.9. The van der Waals surface area contributed by atoms with Crippen molar-refractivity contribution in [3.05, 3.63) is 83.7 Å². The minimum Gasteiger partial charge on any atom is -0.467 e. The summed E-state index contributed by atoms with van der Waals surface area (Å²) in [6, 6.07) is 17.6. The number of hydrogen-bond acceptors (Lipinski definition) is 4. The fraction of sp³-hybridized carbons (Fsp3) is 0.150. The molecular weight excluding hydrogens is 330 g/mol. The van der Waals surface area contributed by atoms with Crippen LogP contribution in [-0.2, 0) is 9.53 Å². The first-order chi connectivity index (χ1) is 12.6. The van der Waals surface area contributed by atoms with Gasteiger partial charge in [-0.2, -0.15) is 5.10 Å². The van der Waals surface area contributed by atoms with Gasteiger partial charge in [-0.15, -0.1) is 0 Å². The number of methoxy groups -OCH3 is 1. The van der Waals surface area contributed by atoms with E-state index in [0.717, 1.165) is 5.69 Å². The van der Waals surface area contributed by atoms with Crippen LogP contribution in [0.2, 0.25) is 0 Å². The minimum atomic E-state index is -0.881. The van der Waals surface area contributed by atoms with Gasteiger partial charge in [-0.05, 0) is 24.6 Å². The van der Waals surface area contributed by atoms with Crippen LogP contribution in [0.5, 0.6) is 0 Å². The normalized spacial score (nSPS) is 11.6. The predicted octanol–water partition coefficient (Wildman–Crippen LogP) is 2.82. The fourth-order valence-electron chi connectivity index (χ4n) is 2.71. The Bertz CT molecular complexity index is 905. The average molecular weight is 349 g/mol. The van der Waals surface area contributed by atoms with E-state index in [1.54, 1.807) is 28.9 Å². The maximum atomic E-state index is 12.7. The molecule has 1 amide bonds. The van der Waals surface area contributed by atoms with Crippen LogP contribution in [0.15, 0.2) is 66.9 Å². The molecule has 0 bridgehead atoms. The topological polar surface area (TPSA) is 73.2 Å². The molecule has 0 aliphatic carbocycles. The van der Waals surface area contributed by atoms with Gasteiger partial charge in [-0.25, -0.2) is 9.48 Å². The molecule has 0 fully saturated rings. The number of esters is 1. The van der Waals surface area contributed by atoms with Gasteiger partial charge in [-0.1, -0.05) is 48.5 Å². The van der Waals surface area contributed by atoms with Gasteiger partial charge in [0.05, 0.1) is 30.3 Å². The van der Waals surface area contributed by atoms with Crippen LogP contribution in [0.25, 0.3) is 5.69 Å². The third kappa shape index (κ3) is 3.49. The SMILES string of the molecule is COC(=O)C(NC(=O)c1cnn(-c2ccccc2)c1C)c1ccccc1. The second kappa shape index (κ2) is 7.65. The molecule has 0 aliphatic rings. The first kappa shape index (κ1) is 17.4. The highest BCUT2D eigenvalue weighted by atomic mass is 16.5. The van der Waals surface area contributed by atoms with Crippen molar-refractivity contribution in [2.75, 3.05) is 7.11 Å². The molecule has 1 atom stereocenters. The lowest BCUT2D eigenvalue weighted by atomic mass is 10.1. The van der Waals surface area contributed by atoms with E-state index in [1.165, 1.54) is 13.3 Å². The van der Waals surface area contributed by atoms with Crippen molar-refractivity contribution in [2.45, 2.75) is 13.0 Å². The lowest BCUT2D eigenvalue weighted by molar-refractivity contribution is -0.143.